The molecule has 1 aromatic heterocycles. The van der Waals surface area contributed by atoms with Crippen molar-refractivity contribution in [1.29, 1.82) is 0 Å². The van der Waals surface area contributed by atoms with Crippen molar-refractivity contribution in [3.63, 3.8) is 0 Å². The molecule has 5 nitrogen and oxygen atoms in total. The molecule has 0 spiro atoms. The maximum absolute atomic E-state index is 12.3. The van der Waals surface area contributed by atoms with E-state index in [2.05, 4.69) is 0 Å². The van der Waals surface area contributed by atoms with Crippen LogP contribution in [0, 0.1) is 0 Å². The van der Waals surface area contributed by atoms with Crippen LogP contribution in [0.2, 0.25) is 4.34 Å². The largest absolute Gasteiger partial charge is 0.335 e. The van der Waals surface area contributed by atoms with Gasteiger partial charge in [-0.2, -0.15) is 0 Å². The molecule has 0 unspecified atom stereocenters. The van der Waals surface area contributed by atoms with Gasteiger partial charge in [-0.05, 0) is 42.8 Å². The summed E-state index contributed by atoms with van der Waals surface area (Å²) in [5.74, 6) is -0.164. The third kappa shape index (κ3) is 4.67. The Morgan fingerprint density at radius 3 is 2.38 bits per heavy atom. The summed E-state index contributed by atoms with van der Waals surface area (Å²) in [6, 6.07) is 9.56. The van der Waals surface area contributed by atoms with Gasteiger partial charge in [0, 0.05) is 18.0 Å². The van der Waals surface area contributed by atoms with Gasteiger partial charge in [0.2, 0.25) is 15.9 Å². The molecule has 8 heteroatoms. The summed E-state index contributed by atoms with van der Waals surface area (Å²) >= 11 is 7.24. The first-order valence-corrected chi connectivity index (χ1v) is 9.75. The lowest BCUT2D eigenvalue weighted by molar-refractivity contribution is -0.126. The van der Waals surface area contributed by atoms with Gasteiger partial charge in [0.05, 0.1) is 15.3 Å². The highest BCUT2D eigenvalue weighted by atomic mass is 35.5. The lowest BCUT2D eigenvalue weighted by Gasteiger charge is -2.24. The minimum absolute atomic E-state index is 0.0434. The van der Waals surface area contributed by atoms with E-state index in [1.165, 1.54) is 29.5 Å². The van der Waals surface area contributed by atoms with Gasteiger partial charge in [-0.1, -0.05) is 23.7 Å². The van der Waals surface area contributed by atoms with Gasteiger partial charge in [-0.15, -0.1) is 11.3 Å². The fourth-order valence-electron chi connectivity index (χ4n) is 2.04. The number of amides is 1. The SMILES string of the molecule is C[C@@H](c1ccc(S(N)(=O)=O)cc1)N(C)C(=O)/C=C/c1ccc(Cl)s1. The Balaban J connectivity index is 2.09. The van der Waals surface area contributed by atoms with Crippen molar-refractivity contribution in [2.24, 2.45) is 5.14 Å². The molecule has 0 aliphatic rings. The van der Waals surface area contributed by atoms with Crippen molar-refractivity contribution in [3.8, 4) is 0 Å². The van der Waals surface area contributed by atoms with Gasteiger partial charge in [-0.3, -0.25) is 4.79 Å². The summed E-state index contributed by atoms with van der Waals surface area (Å²) in [4.78, 5) is 14.8. The number of primary sulfonamides is 1. The second-order valence-electron chi connectivity index (χ2n) is 5.21. The molecule has 1 atom stereocenters. The van der Waals surface area contributed by atoms with Gasteiger partial charge in [-0.25, -0.2) is 13.6 Å². The van der Waals surface area contributed by atoms with Gasteiger partial charge >= 0.3 is 0 Å². The molecule has 0 radical (unpaired) electrons. The topological polar surface area (TPSA) is 80.5 Å². The van der Waals surface area contributed by atoms with Gasteiger partial charge in [0.1, 0.15) is 0 Å². The van der Waals surface area contributed by atoms with E-state index >= 15 is 0 Å². The lowest BCUT2D eigenvalue weighted by Crippen LogP contribution is -2.28. The van der Waals surface area contributed by atoms with Crippen LogP contribution in [0.15, 0.2) is 47.4 Å². The number of likely N-dealkylation sites (N-methyl/N-ethyl adjacent to an activating group) is 1. The van der Waals surface area contributed by atoms with Crippen molar-refractivity contribution >= 4 is 44.9 Å². The number of halogens is 1. The number of hydrogen-bond donors (Lipinski definition) is 1. The van der Waals surface area contributed by atoms with E-state index in [1.807, 2.05) is 13.0 Å². The fraction of sp³-hybridized carbons (Fsp3) is 0.188. The van der Waals surface area contributed by atoms with Crippen LogP contribution in [0.5, 0.6) is 0 Å². The van der Waals surface area contributed by atoms with E-state index in [9.17, 15) is 13.2 Å². The summed E-state index contributed by atoms with van der Waals surface area (Å²) in [6.07, 6.45) is 3.20. The quantitative estimate of drug-likeness (QED) is 0.803. The van der Waals surface area contributed by atoms with Crippen LogP contribution >= 0.6 is 22.9 Å². The number of thiophene rings is 1. The molecule has 1 aromatic carbocycles. The van der Waals surface area contributed by atoms with E-state index in [0.29, 0.717) is 4.34 Å². The molecule has 128 valence electrons. The molecule has 24 heavy (non-hydrogen) atoms. The highest BCUT2D eigenvalue weighted by Gasteiger charge is 2.16. The van der Waals surface area contributed by atoms with Crippen LogP contribution < -0.4 is 5.14 Å². The number of carbonyl (C=O) groups is 1. The van der Waals surface area contributed by atoms with Crippen LogP contribution in [-0.2, 0) is 14.8 Å². The second kappa shape index (κ2) is 7.48. The molecule has 2 N–H and O–H groups in total. The summed E-state index contributed by atoms with van der Waals surface area (Å²) in [5, 5.41) is 5.08. The normalized spacial score (nSPS) is 13.2. The zero-order valence-electron chi connectivity index (χ0n) is 13.1. The highest BCUT2D eigenvalue weighted by Crippen LogP contribution is 2.23. The van der Waals surface area contributed by atoms with Gasteiger partial charge < -0.3 is 4.90 Å². The number of carbonyl (C=O) groups excluding carboxylic acids is 1. The van der Waals surface area contributed by atoms with Crippen LogP contribution in [0.25, 0.3) is 6.08 Å². The number of benzene rings is 1. The van der Waals surface area contributed by atoms with Crippen molar-refractivity contribution in [2.75, 3.05) is 7.05 Å². The van der Waals surface area contributed by atoms with Crippen molar-refractivity contribution in [3.05, 3.63) is 57.3 Å². The zero-order valence-corrected chi connectivity index (χ0v) is 15.5. The Hall–Kier alpha value is -1.67. The molecule has 0 aliphatic heterocycles. The summed E-state index contributed by atoms with van der Waals surface area (Å²) in [6.45, 7) is 1.86. The molecular formula is C16H17ClN2O3S2. The van der Waals surface area contributed by atoms with Gasteiger partial charge in [0.25, 0.3) is 0 Å². The number of nitrogens with two attached hydrogens (primary N) is 1. The number of hydrogen-bond acceptors (Lipinski definition) is 4. The average molecular weight is 385 g/mol. The number of nitrogens with zero attached hydrogens (tertiary/aromatic N) is 1. The third-order valence-electron chi connectivity index (χ3n) is 3.60. The minimum Gasteiger partial charge on any atom is -0.335 e. The average Bonchev–Trinajstić information content (AvgIpc) is 2.96. The van der Waals surface area contributed by atoms with Crippen LogP contribution in [0.3, 0.4) is 0 Å². The van der Waals surface area contributed by atoms with Crippen molar-refractivity contribution < 1.29 is 13.2 Å². The van der Waals surface area contributed by atoms with Crippen LogP contribution in [0.1, 0.15) is 23.4 Å². The predicted molar refractivity (Wildman–Crippen MR) is 97.4 cm³/mol. The first-order chi connectivity index (χ1) is 11.2. The first kappa shape index (κ1) is 18.7. The van der Waals surface area contributed by atoms with Crippen LogP contribution in [-0.4, -0.2) is 26.3 Å². The molecule has 0 aliphatic carbocycles. The van der Waals surface area contributed by atoms with Crippen molar-refractivity contribution in [1.82, 2.24) is 4.90 Å². The monoisotopic (exact) mass is 384 g/mol. The molecule has 0 saturated heterocycles. The van der Waals surface area contributed by atoms with E-state index in [-0.39, 0.29) is 16.8 Å². The Kier molecular flexibility index (Phi) is 5.82. The maximum Gasteiger partial charge on any atom is 0.246 e. The molecule has 1 heterocycles. The highest BCUT2D eigenvalue weighted by molar-refractivity contribution is 7.89. The van der Waals surface area contributed by atoms with E-state index in [4.69, 9.17) is 16.7 Å². The van der Waals surface area contributed by atoms with E-state index in [0.717, 1.165) is 10.4 Å². The van der Waals surface area contributed by atoms with Gasteiger partial charge in [0.15, 0.2) is 0 Å². The Bertz CT molecular complexity index is 858. The van der Waals surface area contributed by atoms with Crippen LogP contribution in [0.4, 0.5) is 0 Å². The van der Waals surface area contributed by atoms with E-state index in [1.54, 1.807) is 36.2 Å². The number of rotatable bonds is 5. The molecule has 0 bridgehead atoms. The smallest absolute Gasteiger partial charge is 0.246 e. The number of sulfonamides is 1. The third-order valence-corrected chi connectivity index (χ3v) is 5.73. The Morgan fingerprint density at radius 2 is 1.88 bits per heavy atom. The molecule has 1 amide bonds. The Labute approximate surface area is 150 Å². The second-order valence-corrected chi connectivity index (χ2v) is 8.52. The van der Waals surface area contributed by atoms with Crippen molar-refractivity contribution in [2.45, 2.75) is 17.9 Å². The molecule has 2 rings (SSSR count). The molecule has 0 saturated carbocycles. The minimum atomic E-state index is -3.72. The summed E-state index contributed by atoms with van der Waals surface area (Å²) in [7, 11) is -2.03. The standard InChI is InChI=1S/C16H17ClN2O3S2/c1-11(12-3-7-14(8-4-12)24(18,21)22)19(2)16(20)10-6-13-5-9-15(17)23-13/h3-11H,1-2H3,(H2,18,21,22)/b10-6+/t11-/m0/s1. The Morgan fingerprint density at radius 1 is 1.25 bits per heavy atom. The zero-order chi connectivity index (χ0) is 17.9. The first-order valence-electron chi connectivity index (χ1n) is 7.01. The summed E-state index contributed by atoms with van der Waals surface area (Å²) in [5.41, 5.74) is 0.811. The maximum atomic E-state index is 12.3. The molecular weight excluding hydrogens is 368 g/mol. The summed E-state index contributed by atoms with van der Waals surface area (Å²) < 4.78 is 23.2. The van der Waals surface area contributed by atoms with E-state index < -0.39 is 10.0 Å². The molecule has 2 aromatic rings. The lowest BCUT2D eigenvalue weighted by atomic mass is 10.1. The fourth-order valence-corrected chi connectivity index (χ4v) is 3.52. The predicted octanol–water partition coefficient (Wildman–Crippen LogP) is 3.28. The molecule has 0 fully saturated rings.